The summed E-state index contributed by atoms with van der Waals surface area (Å²) in [5.74, 6) is 0.0755. The molecule has 0 aliphatic heterocycles. The second-order valence-corrected chi connectivity index (χ2v) is 7.30. The normalized spacial score (nSPS) is 10.5. The van der Waals surface area contributed by atoms with E-state index in [-0.39, 0.29) is 5.91 Å². The number of anilines is 1. The third kappa shape index (κ3) is 6.12. The van der Waals surface area contributed by atoms with Crippen molar-refractivity contribution in [1.82, 2.24) is 15.1 Å². The third-order valence-corrected chi connectivity index (χ3v) is 4.99. The molecular weight excluding hydrogens is 350 g/mol. The standard InChI is InChI=1S/C22H31N5O/c1-17-21(18(2)27(25-17)16-6-14-23)12-13-22(28)24-15-5-7-19-8-10-20(11-9-19)26(3)4/h8-11H,5-7,12-13,15-16H2,1-4H3,(H,24,28). The van der Waals surface area contributed by atoms with Crippen LogP contribution in [0, 0.1) is 25.2 Å². The molecule has 6 heteroatoms. The van der Waals surface area contributed by atoms with Crippen LogP contribution in [0.1, 0.15) is 41.8 Å². The van der Waals surface area contributed by atoms with Crippen LogP contribution in [0.3, 0.4) is 0 Å². The molecule has 0 saturated carbocycles. The van der Waals surface area contributed by atoms with E-state index in [9.17, 15) is 4.79 Å². The van der Waals surface area contributed by atoms with E-state index >= 15 is 0 Å². The van der Waals surface area contributed by atoms with Gasteiger partial charge in [0.25, 0.3) is 0 Å². The molecule has 1 aromatic carbocycles. The highest BCUT2D eigenvalue weighted by Gasteiger charge is 2.12. The molecule has 1 heterocycles. The van der Waals surface area contributed by atoms with Crippen LogP contribution in [-0.4, -0.2) is 36.3 Å². The molecule has 0 aliphatic rings. The second-order valence-electron chi connectivity index (χ2n) is 7.30. The first-order chi connectivity index (χ1) is 13.4. The fraction of sp³-hybridized carbons (Fsp3) is 0.500. The van der Waals surface area contributed by atoms with Crippen molar-refractivity contribution in [3.63, 3.8) is 0 Å². The van der Waals surface area contributed by atoms with Gasteiger partial charge in [0, 0.05) is 38.4 Å². The summed E-state index contributed by atoms with van der Waals surface area (Å²) in [7, 11) is 4.07. The highest BCUT2D eigenvalue weighted by Crippen LogP contribution is 2.16. The van der Waals surface area contributed by atoms with Crippen molar-refractivity contribution in [3.8, 4) is 6.07 Å². The summed E-state index contributed by atoms with van der Waals surface area (Å²) in [4.78, 5) is 14.2. The predicted octanol–water partition coefficient (Wildman–Crippen LogP) is 3.16. The highest BCUT2D eigenvalue weighted by molar-refractivity contribution is 5.76. The molecule has 0 atom stereocenters. The molecule has 1 aromatic heterocycles. The van der Waals surface area contributed by atoms with Gasteiger partial charge in [0.2, 0.25) is 5.91 Å². The molecule has 6 nitrogen and oxygen atoms in total. The molecule has 1 N–H and O–H groups in total. The summed E-state index contributed by atoms with van der Waals surface area (Å²) in [6, 6.07) is 10.7. The Balaban J connectivity index is 1.72. The largest absolute Gasteiger partial charge is 0.378 e. The average Bonchev–Trinajstić information content (AvgIpc) is 2.95. The third-order valence-electron chi connectivity index (χ3n) is 4.99. The minimum absolute atomic E-state index is 0.0755. The maximum Gasteiger partial charge on any atom is 0.220 e. The number of carbonyl (C=O) groups is 1. The number of rotatable bonds is 10. The van der Waals surface area contributed by atoms with Crippen molar-refractivity contribution in [1.29, 1.82) is 5.26 Å². The van der Waals surface area contributed by atoms with E-state index in [0.717, 1.165) is 29.8 Å². The maximum atomic E-state index is 12.2. The van der Waals surface area contributed by atoms with Gasteiger partial charge in [-0.1, -0.05) is 12.1 Å². The van der Waals surface area contributed by atoms with Crippen molar-refractivity contribution in [3.05, 3.63) is 46.8 Å². The fourth-order valence-electron chi connectivity index (χ4n) is 3.28. The first-order valence-corrected chi connectivity index (χ1v) is 9.85. The number of aryl methyl sites for hydroxylation is 3. The molecule has 150 valence electrons. The van der Waals surface area contributed by atoms with Gasteiger partial charge in [-0.3, -0.25) is 9.48 Å². The van der Waals surface area contributed by atoms with Crippen molar-refractivity contribution in [2.75, 3.05) is 25.5 Å². The number of nitrogens with zero attached hydrogens (tertiary/aromatic N) is 4. The number of amides is 1. The Morgan fingerprint density at radius 2 is 1.93 bits per heavy atom. The van der Waals surface area contributed by atoms with Gasteiger partial charge in [0.15, 0.2) is 0 Å². The zero-order valence-corrected chi connectivity index (χ0v) is 17.5. The molecule has 0 radical (unpaired) electrons. The smallest absolute Gasteiger partial charge is 0.220 e. The number of hydrogen-bond donors (Lipinski definition) is 1. The quantitative estimate of drug-likeness (QED) is 0.642. The van der Waals surface area contributed by atoms with Crippen LogP contribution in [0.4, 0.5) is 5.69 Å². The lowest BCUT2D eigenvalue weighted by molar-refractivity contribution is -0.121. The Morgan fingerprint density at radius 3 is 2.57 bits per heavy atom. The van der Waals surface area contributed by atoms with Crippen LogP contribution in [0.5, 0.6) is 0 Å². The first-order valence-electron chi connectivity index (χ1n) is 9.85. The van der Waals surface area contributed by atoms with E-state index in [0.29, 0.717) is 32.4 Å². The van der Waals surface area contributed by atoms with Crippen LogP contribution >= 0.6 is 0 Å². The average molecular weight is 382 g/mol. The van der Waals surface area contributed by atoms with Gasteiger partial charge in [-0.15, -0.1) is 0 Å². The number of carbonyl (C=O) groups excluding carboxylic acids is 1. The van der Waals surface area contributed by atoms with Crippen molar-refractivity contribution in [2.24, 2.45) is 0 Å². The van der Waals surface area contributed by atoms with E-state index in [4.69, 9.17) is 5.26 Å². The van der Waals surface area contributed by atoms with Crippen LogP contribution in [0.25, 0.3) is 0 Å². The predicted molar refractivity (Wildman–Crippen MR) is 112 cm³/mol. The number of aromatic nitrogens is 2. The molecule has 0 spiro atoms. The topological polar surface area (TPSA) is 73.9 Å². The van der Waals surface area contributed by atoms with Crippen LogP contribution in [0.2, 0.25) is 0 Å². The minimum Gasteiger partial charge on any atom is -0.378 e. The fourth-order valence-corrected chi connectivity index (χ4v) is 3.28. The Bertz CT molecular complexity index is 815. The van der Waals surface area contributed by atoms with Gasteiger partial charge in [0.1, 0.15) is 0 Å². The summed E-state index contributed by atoms with van der Waals surface area (Å²) < 4.78 is 1.87. The van der Waals surface area contributed by atoms with Crippen LogP contribution < -0.4 is 10.2 Å². The van der Waals surface area contributed by atoms with E-state index in [1.165, 1.54) is 11.3 Å². The molecule has 0 aliphatic carbocycles. The number of benzene rings is 1. The van der Waals surface area contributed by atoms with Gasteiger partial charge in [0.05, 0.1) is 24.7 Å². The molecule has 0 fully saturated rings. The Labute approximate surface area is 168 Å². The SMILES string of the molecule is Cc1nn(CCC#N)c(C)c1CCC(=O)NCCCc1ccc(N(C)C)cc1. The van der Waals surface area contributed by atoms with E-state index in [1.807, 2.05) is 32.6 Å². The lowest BCUT2D eigenvalue weighted by Gasteiger charge is -2.12. The zero-order chi connectivity index (χ0) is 20.5. The van der Waals surface area contributed by atoms with Crippen molar-refractivity contribution >= 4 is 11.6 Å². The molecule has 0 saturated heterocycles. The Kier molecular flexibility index (Phi) is 8.06. The summed E-state index contributed by atoms with van der Waals surface area (Å²) in [6.07, 6.45) is 3.47. The Hall–Kier alpha value is -2.81. The summed E-state index contributed by atoms with van der Waals surface area (Å²) >= 11 is 0. The zero-order valence-electron chi connectivity index (χ0n) is 17.5. The molecule has 28 heavy (non-hydrogen) atoms. The summed E-state index contributed by atoms with van der Waals surface area (Å²) in [6.45, 7) is 5.26. The molecular formula is C22H31N5O. The van der Waals surface area contributed by atoms with Crippen molar-refractivity contribution < 1.29 is 4.79 Å². The second kappa shape index (κ2) is 10.5. The monoisotopic (exact) mass is 381 g/mol. The highest BCUT2D eigenvalue weighted by atomic mass is 16.1. The van der Waals surface area contributed by atoms with Gasteiger partial charge in [-0.2, -0.15) is 10.4 Å². The molecule has 2 rings (SSSR count). The van der Waals surface area contributed by atoms with E-state index < -0.39 is 0 Å². The Morgan fingerprint density at radius 1 is 1.21 bits per heavy atom. The summed E-state index contributed by atoms with van der Waals surface area (Å²) in [5.41, 5.74) is 5.61. The number of nitrogens with one attached hydrogen (secondary N) is 1. The lowest BCUT2D eigenvalue weighted by atomic mass is 10.1. The number of nitriles is 1. The molecule has 0 unspecified atom stereocenters. The van der Waals surface area contributed by atoms with Crippen LogP contribution in [-0.2, 0) is 24.2 Å². The molecule has 0 bridgehead atoms. The van der Waals surface area contributed by atoms with Crippen LogP contribution in [0.15, 0.2) is 24.3 Å². The maximum absolute atomic E-state index is 12.2. The van der Waals surface area contributed by atoms with Gasteiger partial charge >= 0.3 is 0 Å². The van der Waals surface area contributed by atoms with E-state index in [2.05, 4.69) is 45.7 Å². The first kappa shape index (κ1) is 21.5. The molecule has 2 aromatic rings. The minimum atomic E-state index is 0.0755. The number of hydrogen-bond acceptors (Lipinski definition) is 4. The van der Waals surface area contributed by atoms with E-state index in [1.54, 1.807) is 0 Å². The van der Waals surface area contributed by atoms with Crippen molar-refractivity contribution in [2.45, 2.75) is 52.5 Å². The molecule has 1 amide bonds. The van der Waals surface area contributed by atoms with Gasteiger partial charge in [-0.25, -0.2) is 0 Å². The van der Waals surface area contributed by atoms with Gasteiger partial charge < -0.3 is 10.2 Å². The lowest BCUT2D eigenvalue weighted by Crippen LogP contribution is -2.25. The van der Waals surface area contributed by atoms with Gasteiger partial charge in [-0.05, 0) is 56.4 Å². The summed E-state index contributed by atoms with van der Waals surface area (Å²) in [5, 5.41) is 16.2.